The van der Waals surface area contributed by atoms with Crippen LogP contribution in [-0.2, 0) is 13.0 Å². The molecule has 0 unspecified atom stereocenters. The van der Waals surface area contributed by atoms with Crippen molar-refractivity contribution in [3.63, 3.8) is 0 Å². The number of carbonyl (C=O) groups excluding carboxylic acids is 1. The number of carbonyl (C=O) groups is 1. The maximum Gasteiger partial charge on any atom is 0.267 e. The van der Waals surface area contributed by atoms with Gasteiger partial charge in [0.1, 0.15) is 0 Å². The minimum atomic E-state index is -0.175. The smallest absolute Gasteiger partial charge is 0.267 e. The quantitative estimate of drug-likeness (QED) is 0.610. The number of thiophene rings is 1. The van der Waals surface area contributed by atoms with E-state index in [1.54, 1.807) is 0 Å². The molecule has 0 aliphatic carbocycles. The van der Waals surface area contributed by atoms with Gasteiger partial charge in [-0.15, -0.1) is 11.3 Å². The molecule has 4 nitrogen and oxygen atoms in total. The molecule has 0 aliphatic heterocycles. The predicted octanol–water partition coefficient (Wildman–Crippen LogP) is 2.35. The van der Waals surface area contributed by atoms with Crippen molar-refractivity contribution in [2.24, 2.45) is 0 Å². The van der Waals surface area contributed by atoms with Crippen LogP contribution in [-0.4, -0.2) is 15.3 Å². The molecule has 0 atom stereocenters. The van der Waals surface area contributed by atoms with Crippen LogP contribution in [0, 0.1) is 3.57 Å². The average molecular weight is 374 g/mol. The fourth-order valence-electron chi connectivity index (χ4n) is 1.49. The highest BCUT2D eigenvalue weighted by molar-refractivity contribution is 14.1. The zero-order valence-corrected chi connectivity index (χ0v) is 12.7. The summed E-state index contributed by atoms with van der Waals surface area (Å²) in [6.45, 7) is 2.10. The van der Waals surface area contributed by atoms with E-state index >= 15 is 0 Å². The van der Waals surface area contributed by atoms with Crippen LogP contribution in [0.2, 0.25) is 0 Å². The fourth-order valence-corrected chi connectivity index (χ4v) is 2.84. The molecule has 2 aromatic heterocycles. The molecule has 0 saturated carbocycles. The Hall–Kier alpha value is -1.02. The van der Waals surface area contributed by atoms with E-state index in [-0.39, 0.29) is 17.9 Å². The second-order valence-electron chi connectivity index (χ2n) is 3.72. The molecule has 2 rings (SSSR count). The second kappa shape index (κ2) is 5.75. The molecule has 0 fully saturated rings. The molecule has 6 heteroatoms. The first kappa shape index (κ1) is 13.4. The number of hydrogen-bond donors (Lipinski definition) is 0. The molecule has 0 bridgehead atoms. The van der Waals surface area contributed by atoms with Crippen LogP contribution in [0.25, 0.3) is 0 Å². The number of ketones is 1. The van der Waals surface area contributed by atoms with Gasteiger partial charge in [0.25, 0.3) is 5.56 Å². The van der Waals surface area contributed by atoms with Crippen molar-refractivity contribution in [3.05, 3.63) is 48.3 Å². The average Bonchev–Trinajstić information content (AvgIpc) is 2.83. The number of Topliss-reactive ketones (excluding diaryl/α,β-unsaturated/α-hetero) is 1. The SMILES string of the molecule is CCc1ccc(C(=O)Cn2cncc(I)c2=O)s1. The Morgan fingerprint density at radius 2 is 2.28 bits per heavy atom. The number of halogens is 1. The van der Waals surface area contributed by atoms with Crippen molar-refractivity contribution in [2.45, 2.75) is 19.9 Å². The Morgan fingerprint density at radius 1 is 1.50 bits per heavy atom. The normalized spacial score (nSPS) is 10.6. The van der Waals surface area contributed by atoms with Gasteiger partial charge in [-0.25, -0.2) is 4.98 Å². The van der Waals surface area contributed by atoms with Gasteiger partial charge < -0.3 is 0 Å². The minimum absolute atomic E-state index is 0.0480. The topological polar surface area (TPSA) is 52.0 Å². The lowest BCUT2D eigenvalue weighted by molar-refractivity contribution is 0.0974. The van der Waals surface area contributed by atoms with Crippen LogP contribution < -0.4 is 5.56 Å². The third-order valence-electron chi connectivity index (χ3n) is 2.46. The summed E-state index contributed by atoms with van der Waals surface area (Å²) >= 11 is 3.40. The van der Waals surface area contributed by atoms with Crippen LogP contribution in [0.1, 0.15) is 21.5 Å². The maximum absolute atomic E-state index is 12.0. The highest BCUT2D eigenvalue weighted by atomic mass is 127. The van der Waals surface area contributed by atoms with Gasteiger partial charge in [-0.3, -0.25) is 14.2 Å². The fraction of sp³-hybridized carbons (Fsp3) is 0.250. The van der Waals surface area contributed by atoms with Gasteiger partial charge in [-0.1, -0.05) is 6.92 Å². The molecule has 2 aromatic rings. The Bertz CT molecular complexity index is 633. The van der Waals surface area contributed by atoms with E-state index < -0.39 is 0 Å². The number of hydrogen-bond acceptors (Lipinski definition) is 4. The van der Waals surface area contributed by atoms with Crippen LogP contribution in [0.5, 0.6) is 0 Å². The Labute approximate surface area is 122 Å². The van der Waals surface area contributed by atoms with E-state index in [4.69, 9.17) is 0 Å². The lowest BCUT2D eigenvalue weighted by Crippen LogP contribution is -2.25. The zero-order valence-electron chi connectivity index (χ0n) is 9.72. The predicted molar refractivity (Wildman–Crippen MR) is 79.2 cm³/mol. The molecule has 0 amide bonds. The molecule has 94 valence electrons. The van der Waals surface area contributed by atoms with Crippen LogP contribution >= 0.6 is 33.9 Å². The minimum Gasteiger partial charge on any atom is -0.291 e. The summed E-state index contributed by atoms with van der Waals surface area (Å²) in [7, 11) is 0. The molecule has 0 saturated heterocycles. The highest BCUT2D eigenvalue weighted by Gasteiger charge is 2.11. The van der Waals surface area contributed by atoms with E-state index in [0.717, 1.165) is 6.42 Å². The lowest BCUT2D eigenvalue weighted by Gasteiger charge is -2.02. The van der Waals surface area contributed by atoms with Crippen molar-refractivity contribution < 1.29 is 4.79 Å². The molecule has 0 radical (unpaired) electrons. The van der Waals surface area contributed by atoms with Gasteiger partial charge in [0.05, 0.1) is 21.3 Å². The lowest BCUT2D eigenvalue weighted by atomic mass is 10.3. The maximum atomic E-state index is 12.0. The molecule has 2 heterocycles. The number of rotatable bonds is 4. The first-order chi connectivity index (χ1) is 8.61. The monoisotopic (exact) mass is 374 g/mol. The summed E-state index contributed by atoms with van der Waals surface area (Å²) in [5, 5.41) is 0. The summed E-state index contributed by atoms with van der Waals surface area (Å²) in [6, 6.07) is 3.77. The standard InChI is InChI=1S/C12H11IN2O2S/c1-2-8-3-4-11(18-8)10(16)6-15-7-14-5-9(13)12(15)17/h3-5,7H,2,6H2,1H3. The third-order valence-corrected chi connectivity index (χ3v) is 4.47. The van der Waals surface area contributed by atoms with Crippen molar-refractivity contribution in [1.82, 2.24) is 9.55 Å². The van der Waals surface area contributed by atoms with E-state index in [9.17, 15) is 9.59 Å². The molecular weight excluding hydrogens is 363 g/mol. The van der Waals surface area contributed by atoms with Crippen molar-refractivity contribution in [2.75, 3.05) is 0 Å². The van der Waals surface area contributed by atoms with Gasteiger partial charge in [0.15, 0.2) is 5.78 Å². The van der Waals surface area contributed by atoms with Crippen LogP contribution in [0.4, 0.5) is 0 Å². The van der Waals surface area contributed by atoms with Crippen LogP contribution in [0.3, 0.4) is 0 Å². The molecule has 0 N–H and O–H groups in total. The zero-order chi connectivity index (χ0) is 13.1. The van der Waals surface area contributed by atoms with Crippen molar-refractivity contribution in [1.29, 1.82) is 0 Å². The van der Waals surface area contributed by atoms with Gasteiger partial charge in [-0.2, -0.15) is 0 Å². The Kier molecular flexibility index (Phi) is 4.28. The first-order valence-corrected chi connectivity index (χ1v) is 7.33. The first-order valence-electron chi connectivity index (χ1n) is 5.43. The summed E-state index contributed by atoms with van der Waals surface area (Å²) in [5.74, 6) is -0.0504. The van der Waals surface area contributed by atoms with E-state index in [0.29, 0.717) is 8.45 Å². The number of aryl methyl sites for hydroxylation is 1. The van der Waals surface area contributed by atoms with Crippen LogP contribution in [0.15, 0.2) is 29.5 Å². The van der Waals surface area contributed by atoms with Crippen molar-refractivity contribution in [3.8, 4) is 0 Å². The van der Waals surface area contributed by atoms with Crippen molar-refractivity contribution >= 4 is 39.7 Å². The molecule has 0 spiro atoms. The molecular formula is C12H11IN2O2S. The molecule has 18 heavy (non-hydrogen) atoms. The largest absolute Gasteiger partial charge is 0.291 e. The van der Waals surface area contributed by atoms with E-state index in [2.05, 4.69) is 4.98 Å². The summed E-state index contributed by atoms with van der Waals surface area (Å²) in [6.07, 6.45) is 3.81. The Balaban J connectivity index is 2.21. The third kappa shape index (κ3) is 2.86. The van der Waals surface area contributed by atoms with Gasteiger partial charge in [0, 0.05) is 11.1 Å². The Morgan fingerprint density at radius 3 is 2.94 bits per heavy atom. The van der Waals surface area contributed by atoms with Gasteiger partial charge in [0.2, 0.25) is 0 Å². The summed E-state index contributed by atoms with van der Waals surface area (Å²) in [4.78, 5) is 29.6. The highest BCUT2D eigenvalue weighted by Crippen LogP contribution is 2.17. The second-order valence-corrected chi connectivity index (χ2v) is 6.05. The number of aromatic nitrogens is 2. The molecule has 0 aromatic carbocycles. The summed E-state index contributed by atoms with van der Waals surface area (Å²) < 4.78 is 1.86. The van der Waals surface area contributed by atoms with Gasteiger partial charge >= 0.3 is 0 Å². The number of nitrogens with zero attached hydrogens (tertiary/aromatic N) is 2. The van der Waals surface area contributed by atoms with E-state index in [1.165, 1.54) is 33.3 Å². The van der Waals surface area contributed by atoms with Gasteiger partial charge in [-0.05, 0) is 41.1 Å². The summed E-state index contributed by atoms with van der Waals surface area (Å²) in [5.41, 5.74) is -0.175. The van der Waals surface area contributed by atoms with E-state index in [1.807, 2.05) is 41.6 Å². The molecule has 0 aliphatic rings.